The standard InChI is InChI=1S/C15H24N2O2/c1-6-17(10-9-14(18)19-5)13-8-7-12(11-16-13)15(2,3)4/h7-8,11H,6,9-10H2,1-5H3. The summed E-state index contributed by atoms with van der Waals surface area (Å²) in [6, 6.07) is 4.12. The zero-order chi connectivity index (χ0) is 14.5. The Hall–Kier alpha value is -1.58. The van der Waals surface area contributed by atoms with Crippen LogP contribution in [0.2, 0.25) is 0 Å². The molecule has 0 aliphatic carbocycles. The zero-order valence-electron chi connectivity index (χ0n) is 12.6. The van der Waals surface area contributed by atoms with E-state index in [4.69, 9.17) is 0 Å². The molecule has 0 aliphatic heterocycles. The van der Waals surface area contributed by atoms with E-state index in [1.54, 1.807) is 0 Å². The first-order valence-corrected chi connectivity index (χ1v) is 6.66. The summed E-state index contributed by atoms with van der Waals surface area (Å²) in [6.07, 6.45) is 2.29. The molecule has 0 atom stereocenters. The molecule has 0 aliphatic rings. The highest BCUT2D eigenvalue weighted by Crippen LogP contribution is 2.23. The van der Waals surface area contributed by atoms with Crippen LogP contribution in [-0.4, -0.2) is 31.2 Å². The number of carbonyl (C=O) groups is 1. The van der Waals surface area contributed by atoms with Gasteiger partial charge in [-0.05, 0) is 24.0 Å². The van der Waals surface area contributed by atoms with Gasteiger partial charge in [0.05, 0.1) is 13.5 Å². The third kappa shape index (κ3) is 4.54. The van der Waals surface area contributed by atoms with E-state index < -0.39 is 0 Å². The molecule has 1 aromatic heterocycles. The zero-order valence-corrected chi connectivity index (χ0v) is 12.6. The number of esters is 1. The Kier molecular flexibility index (Phi) is 5.33. The van der Waals surface area contributed by atoms with Crippen LogP contribution in [0.25, 0.3) is 0 Å². The summed E-state index contributed by atoms with van der Waals surface area (Å²) in [7, 11) is 1.41. The van der Waals surface area contributed by atoms with Crippen LogP contribution in [-0.2, 0) is 14.9 Å². The van der Waals surface area contributed by atoms with Gasteiger partial charge in [-0.2, -0.15) is 0 Å². The van der Waals surface area contributed by atoms with E-state index >= 15 is 0 Å². The molecule has 1 aromatic rings. The van der Waals surface area contributed by atoms with Crippen molar-refractivity contribution in [2.24, 2.45) is 0 Å². The molecule has 19 heavy (non-hydrogen) atoms. The van der Waals surface area contributed by atoms with Crippen LogP contribution in [0.3, 0.4) is 0 Å². The highest BCUT2D eigenvalue weighted by Gasteiger charge is 2.15. The third-order valence-corrected chi connectivity index (χ3v) is 3.13. The molecular formula is C15H24N2O2. The maximum absolute atomic E-state index is 11.2. The number of methoxy groups -OCH3 is 1. The van der Waals surface area contributed by atoms with Crippen LogP contribution in [0, 0.1) is 0 Å². The second kappa shape index (κ2) is 6.55. The quantitative estimate of drug-likeness (QED) is 0.767. The number of ether oxygens (including phenoxy) is 1. The van der Waals surface area contributed by atoms with Gasteiger partial charge in [0, 0.05) is 19.3 Å². The fourth-order valence-electron chi connectivity index (χ4n) is 1.78. The van der Waals surface area contributed by atoms with Crippen molar-refractivity contribution in [3.05, 3.63) is 23.9 Å². The molecular weight excluding hydrogens is 240 g/mol. The number of nitrogens with zero attached hydrogens (tertiary/aromatic N) is 2. The number of aromatic nitrogens is 1. The van der Waals surface area contributed by atoms with Crippen molar-refractivity contribution in [2.45, 2.75) is 39.5 Å². The number of hydrogen-bond donors (Lipinski definition) is 0. The van der Waals surface area contributed by atoms with Crippen molar-refractivity contribution >= 4 is 11.8 Å². The second-order valence-corrected chi connectivity index (χ2v) is 5.56. The van der Waals surface area contributed by atoms with Gasteiger partial charge in [-0.15, -0.1) is 0 Å². The first kappa shape index (κ1) is 15.5. The van der Waals surface area contributed by atoms with Crippen molar-refractivity contribution in [3.63, 3.8) is 0 Å². The molecule has 4 nitrogen and oxygen atoms in total. The predicted octanol–water partition coefficient (Wildman–Crippen LogP) is 2.77. The van der Waals surface area contributed by atoms with Crippen LogP contribution in [0.5, 0.6) is 0 Å². The van der Waals surface area contributed by atoms with Gasteiger partial charge >= 0.3 is 5.97 Å². The lowest BCUT2D eigenvalue weighted by Gasteiger charge is -2.23. The Bertz CT molecular complexity index is 407. The van der Waals surface area contributed by atoms with Gasteiger partial charge in [0.15, 0.2) is 0 Å². The summed E-state index contributed by atoms with van der Waals surface area (Å²) in [6.45, 7) is 10.00. The van der Waals surface area contributed by atoms with Crippen LogP contribution in [0.4, 0.5) is 5.82 Å². The van der Waals surface area contributed by atoms with Crippen LogP contribution in [0.15, 0.2) is 18.3 Å². The van der Waals surface area contributed by atoms with Gasteiger partial charge in [-0.3, -0.25) is 4.79 Å². The molecule has 0 unspecified atom stereocenters. The summed E-state index contributed by atoms with van der Waals surface area (Å²) in [5, 5.41) is 0. The first-order chi connectivity index (χ1) is 8.88. The average molecular weight is 264 g/mol. The predicted molar refractivity (Wildman–Crippen MR) is 77.5 cm³/mol. The molecule has 0 bridgehead atoms. The van der Waals surface area contributed by atoms with Gasteiger partial charge in [0.2, 0.25) is 0 Å². The van der Waals surface area contributed by atoms with Crippen molar-refractivity contribution in [3.8, 4) is 0 Å². The van der Waals surface area contributed by atoms with Crippen molar-refractivity contribution in [1.29, 1.82) is 0 Å². The normalized spacial score (nSPS) is 11.2. The summed E-state index contributed by atoms with van der Waals surface area (Å²) in [5.74, 6) is 0.712. The van der Waals surface area contributed by atoms with E-state index in [9.17, 15) is 4.79 Å². The minimum absolute atomic E-state index is 0.106. The van der Waals surface area contributed by atoms with E-state index in [1.165, 1.54) is 12.7 Å². The van der Waals surface area contributed by atoms with Crippen LogP contribution >= 0.6 is 0 Å². The molecule has 106 valence electrons. The molecule has 0 amide bonds. The Morgan fingerprint density at radius 1 is 1.37 bits per heavy atom. The highest BCUT2D eigenvalue weighted by molar-refractivity contribution is 5.69. The van der Waals surface area contributed by atoms with Crippen LogP contribution < -0.4 is 4.90 Å². The Balaban J connectivity index is 2.74. The molecule has 1 heterocycles. The summed E-state index contributed by atoms with van der Waals surface area (Å²) >= 11 is 0. The van der Waals surface area contributed by atoms with Crippen LogP contribution in [0.1, 0.15) is 39.7 Å². The van der Waals surface area contributed by atoms with E-state index in [2.05, 4.69) is 48.4 Å². The number of rotatable bonds is 5. The number of hydrogen-bond acceptors (Lipinski definition) is 4. The fraction of sp³-hybridized carbons (Fsp3) is 0.600. The lowest BCUT2D eigenvalue weighted by atomic mass is 9.88. The summed E-state index contributed by atoms with van der Waals surface area (Å²) < 4.78 is 4.66. The van der Waals surface area contributed by atoms with Crippen molar-refractivity contribution < 1.29 is 9.53 Å². The van der Waals surface area contributed by atoms with E-state index in [0.717, 1.165) is 12.4 Å². The topological polar surface area (TPSA) is 42.4 Å². The molecule has 0 spiro atoms. The lowest BCUT2D eigenvalue weighted by Crippen LogP contribution is -2.27. The number of anilines is 1. The number of pyridine rings is 1. The largest absolute Gasteiger partial charge is 0.469 e. The fourth-order valence-corrected chi connectivity index (χ4v) is 1.78. The highest BCUT2D eigenvalue weighted by atomic mass is 16.5. The molecule has 0 aromatic carbocycles. The Morgan fingerprint density at radius 2 is 2.05 bits per heavy atom. The van der Waals surface area contributed by atoms with Crippen molar-refractivity contribution in [2.75, 3.05) is 25.1 Å². The molecule has 0 N–H and O–H groups in total. The van der Waals surface area contributed by atoms with E-state index in [1.807, 2.05) is 12.3 Å². The first-order valence-electron chi connectivity index (χ1n) is 6.66. The minimum atomic E-state index is -0.190. The maximum Gasteiger partial charge on any atom is 0.307 e. The van der Waals surface area contributed by atoms with Gasteiger partial charge < -0.3 is 9.64 Å². The summed E-state index contributed by atoms with van der Waals surface area (Å²) in [5.41, 5.74) is 1.31. The number of carbonyl (C=O) groups excluding carboxylic acids is 1. The minimum Gasteiger partial charge on any atom is -0.469 e. The smallest absolute Gasteiger partial charge is 0.307 e. The second-order valence-electron chi connectivity index (χ2n) is 5.56. The van der Waals surface area contributed by atoms with Gasteiger partial charge in [-0.25, -0.2) is 4.98 Å². The molecule has 0 fully saturated rings. The third-order valence-electron chi connectivity index (χ3n) is 3.13. The Morgan fingerprint density at radius 3 is 2.47 bits per heavy atom. The van der Waals surface area contributed by atoms with E-state index in [-0.39, 0.29) is 11.4 Å². The molecule has 1 rings (SSSR count). The molecule has 0 saturated heterocycles. The van der Waals surface area contributed by atoms with Gasteiger partial charge in [-0.1, -0.05) is 26.8 Å². The monoisotopic (exact) mass is 264 g/mol. The maximum atomic E-state index is 11.2. The SMILES string of the molecule is CCN(CCC(=O)OC)c1ccc(C(C)(C)C)cn1. The summed E-state index contributed by atoms with van der Waals surface area (Å²) in [4.78, 5) is 17.7. The van der Waals surface area contributed by atoms with Gasteiger partial charge in [0.1, 0.15) is 5.82 Å². The molecule has 0 radical (unpaired) electrons. The average Bonchev–Trinajstić information content (AvgIpc) is 2.38. The lowest BCUT2D eigenvalue weighted by molar-refractivity contribution is -0.140. The van der Waals surface area contributed by atoms with Crippen molar-refractivity contribution in [1.82, 2.24) is 4.98 Å². The molecule has 4 heteroatoms. The molecule has 0 saturated carbocycles. The van der Waals surface area contributed by atoms with Gasteiger partial charge in [0.25, 0.3) is 0 Å². The Labute approximate surface area is 115 Å². The van der Waals surface area contributed by atoms with E-state index in [0.29, 0.717) is 13.0 Å².